The highest BCUT2D eigenvalue weighted by atomic mass is 32.2. The number of halogens is 3. The Morgan fingerprint density at radius 1 is 1.32 bits per heavy atom. The first-order chi connectivity index (χ1) is 8.92. The Labute approximate surface area is 113 Å². The Morgan fingerprint density at radius 2 is 2.00 bits per heavy atom. The van der Waals surface area contributed by atoms with Crippen LogP contribution in [0.3, 0.4) is 0 Å². The lowest BCUT2D eigenvalue weighted by molar-refractivity contribution is -0.116. The number of hydrogen-bond acceptors (Lipinski definition) is 3. The molecule has 0 aliphatic rings. The second-order valence-corrected chi connectivity index (χ2v) is 4.79. The van der Waals surface area contributed by atoms with Gasteiger partial charge in [-0.1, -0.05) is 12.1 Å². The van der Waals surface area contributed by atoms with Gasteiger partial charge in [0.25, 0.3) is 0 Å². The number of benzene rings is 1. The smallest absolute Gasteiger partial charge is 0.396 e. The molecule has 0 heterocycles. The maximum absolute atomic E-state index is 12.2. The zero-order chi connectivity index (χ0) is 14.3. The largest absolute Gasteiger partial charge is 0.398 e. The van der Waals surface area contributed by atoms with Gasteiger partial charge in [-0.25, -0.2) is 0 Å². The van der Waals surface area contributed by atoms with Crippen LogP contribution in [-0.2, 0) is 4.79 Å². The first-order valence-electron chi connectivity index (χ1n) is 5.61. The van der Waals surface area contributed by atoms with E-state index in [1.165, 1.54) is 6.07 Å². The van der Waals surface area contributed by atoms with Crippen molar-refractivity contribution in [3.63, 3.8) is 0 Å². The number of aliphatic hydroxyl groups excluding tert-OH is 1. The molecular weight excluding hydrogens is 279 g/mol. The molecule has 0 fully saturated rings. The first-order valence-corrected chi connectivity index (χ1v) is 6.60. The second kappa shape index (κ2) is 7.40. The average molecular weight is 293 g/mol. The van der Waals surface area contributed by atoms with Gasteiger partial charge in [0.15, 0.2) is 0 Å². The fourth-order valence-corrected chi connectivity index (χ4v) is 2.08. The molecule has 106 valence electrons. The molecular formula is C12H14F3NO2S. The molecule has 0 saturated carbocycles. The summed E-state index contributed by atoms with van der Waals surface area (Å²) in [5.41, 5.74) is 0.361. The number of nitrogens with one attached hydrogen (secondary N) is 1. The summed E-state index contributed by atoms with van der Waals surface area (Å²) in [6.07, 6.45) is -3.79. The van der Waals surface area contributed by atoms with Crippen LogP contribution >= 0.6 is 11.8 Å². The maximum atomic E-state index is 12.2. The van der Waals surface area contributed by atoms with Crippen molar-refractivity contribution in [2.75, 3.05) is 17.7 Å². The number of para-hydroxylation sites is 1. The van der Waals surface area contributed by atoms with E-state index in [0.717, 1.165) is 0 Å². The van der Waals surface area contributed by atoms with E-state index in [9.17, 15) is 18.0 Å². The van der Waals surface area contributed by atoms with Crippen LogP contribution < -0.4 is 5.32 Å². The molecule has 0 atom stereocenters. The van der Waals surface area contributed by atoms with Crippen LogP contribution in [0.25, 0.3) is 0 Å². The van der Waals surface area contributed by atoms with Crippen molar-refractivity contribution in [2.45, 2.75) is 23.9 Å². The molecule has 0 aromatic heterocycles. The van der Waals surface area contributed by atoms with Gasteiger partial charge in [0.05, 0.1) is 11.4 Å². The van der Waals surface area contributed by atoms with Gasteiger partial charge in [-0.2, -0.15) is 13.2 Å². The van der Waals surface area contributed by atoms with E-state index in [4.69, 9.17) is 5.11 Å². The lowest BCUT2D eigenvalue weighted by atomic mass is 10.2. The Kier molecular flexibility index (Phi) is 6.17. The summed E-state index contributed by atoms with van der Waals surface area (Å²) in [4.78, 5) is 11.8. The van der Waals surface area contributed by atoms with Crippen molar-refractivity contribution >= 4 is 23.4 Å². The van der Waals surface area contributed by atoms with Gasteiger partial charge in [-0.05, 0) is 18.6 Å². The molecule has 0 bridgehead atoms. The zero-order valence-corrected chi connectivity index (χ0v) is 10.9. The minimum absolute atomic E-state index is 0.0993. The van der Waals surface area contributed by atoms with Crippen LogP contribution in [0.4, 0.5) is 18.9 Å². The third-order valence-corrected chi connectivity index (χ3v) is 3.25. The molecule has 3 nitrogen and oxygen atoms in total. The lowest BCUT2D eigenvalue weighted by Crippen LogP contribution is -2.13. The number of alkyl halides is 3. The summed E-state index contributed by atoms with van der Waals surface area (Å²) in [6.45, 7) is -0.0993. The number of aliphatic hydroxyl groups is 1. The Hall–Kier alpha value is -1.21. The molecule has 0 unspecified atom stereocenters. The Balaban J connectivity index is 2.65. The third-order valence-electron chi connectivity index (χ3n) is 2.11. The molecule has 7 heteroatoms. The molecule has 0 aliphatic heterocycles. The minimum atomic E-state index is -4.25. The van der Waals surface area contributed by atoms with E-state index in [-0.39, 0.29) is 18.9 Å². The quantitative estimate of drug-likeness (QED) is 0.793. The van der Waals surface area contributed by atoms with Crippen LogP contribution in [0.2, 0.25) is 0 Å². The van der Waals surface area contributed by atoms with Crippen molar-refractivity contribution in [1.29, 1.82) is 0 Å². The summed E-state index contributed by atoms with van der Waals surface area (Å²) in [5.74, 6) is -1.33. The van der Waals surface area contributed by atoms with Gasteiger partial charge in [-0.3, -0.25) is 4.79 Å². The Bertz CT molecular complexity index is 424. The van der Waals surface area contributed by atoms with E-state index in [2.05, 4.69) is 5.32 Å². The summed E-state index contributed by atoms with van der Waals surface area (Å²) < 4.78 is 36.5. The summed E-state index contributed by atoms with van der Waals surface area (Å²) in [6, 6.07) is 6.33. The van der Waals surface area contributed by atoms with Crippen molar-refractivity contribution in [3.05, 3.63) is 24.3 Å². The van der Waals surface area contributed by atoms with Crippen LogP contribution in [0.15, 0.2) is 29.2 Å². The molecule has 1 amide bonds. The average Bonchev–Trinajstić information content (AvgIpc) is 2.34. The first kappa shape index (κ1) is 15.8. The topological polar surface area (TPSA) is 49.3 Å². The molecule has 0 saturated heterocycles. The monoisotopic (exact) mass is 293 g/mol. The molecule has 0 aliphatic carbocycles. The highest BCUT2D eigenvalue weighted by Gasteiger charge is 2.27. The Morgan fingerprint density at radius 3 is 2.63 bits per heavy atom. The molecule has 1 aromatic carbocycles. The number of anilines is 1. The number of carbonyl (C=O) groups excluding carboxylic acids is 1. The fourth-order valence-electron chi connectivity index (χ4n) is 1.31. The predicted molar refractivity (Wildman–Crippen MR) is 68.2 cm³/mol. The van der Waals surface area contributed by atoms with Gasteiger partial charge in [0.2, 0.25) is 5.91 Å². The van der Waals surface area contributed by atoms with Gasteiger partial charge in [0.1, 0.15) is 0 Å². The second-order valence-electron chi connectivity index (χ2n) is 3.78. The van der Waals surface area contributed by atoms with E-state index >= 15 is 0 Å². The van der Waals surface area contributed by atoms with Crippen molar-refractivity contribution in [1.82, 2.24) is 0 Å². The van der Waals surface area contributed by atoms with E-state index < -0.39 is 11.9 Å². The van der Waals surface area contributed by atoms with Crippen molar-refractivity contribution < 1.29 is 23.1 Å². The van der Waals surface area contributed by atoms with Gasteiger partial charge >= 0.3 is 6.18 Å². The molecule has 1 rings (SSSR count). The van der Waals surface area contributed by atoms with E-state index in [1.807, 2.05) is 0 Å². The molecule has 1 aromatic rings. The highest BCUT2D eigenvalue weighted by molar-refractivity contribution is 7.99. The van der Waals surface area contributed by atoms with Gasteiger partial charge < -0.3 is 10.4 Å². The summed E-state index contributed by atoms with van der Waals surface area (Å²) >= 11 is 0.631. The maximum Gasteiger partial charge on any atom is 0.398 e. The molecule has 0 spiro atoms. The number of carbonyl (C=O) groups is 1. The van der Waals surface area contributed by atoms with E-state index in [1.54, 1.807) is 18.2 Å². The van der Waals surface area contributed by atoms with Crippen molar-refractivity contribution in [3.8, 4) is 0 Å². The molecule has 2 N–H and O–H groups in total. The third kappa shape index (κ3) is 6.49. The minimum Gasteiger partial charge on any atom is -0.396 e. The van der Waals surface area contributed by atoms with Crippen LogP contribution in [-0.4, -0.2) is 29.5 Å². The summed E-state index contributed by atoms with van der Waals surface area (Å²) in [5, 5.41) is 11.1. The van der Waals surface area contributed by atoms with Crippen LogP contribution in [0.5, 0.6) is 0 Å². The number of rotatable bonds is 6. The lowest BCUT2D eigenvalue weighted by Gasteiger charge is -2.11. The number of hydrogen-bond donors (Lipinski definition) is 2. The predicted octanol–water partition coefficient (Wildman–Crippen LogP) is 3.05. The highest BCUT2D eigenvalue weighted by Crippen LogP contribution is 2.32. The van der Waals surface area contributed by atoms with Crippen molar-refractivity contribution in [2.24, 2.45) is 0 Å². The van der Waals surface area contributed by atoms with Crippen LogP contribution in [0, 0.1) is 0 Å². The normalized spacial score (nSPS) is 11.4. The SMILES string of the molecule is O=C(CCCO)Nc1ccccc1SCC(F)(F)F. The standard InChI is InChI=1S/C12H14F3NO2S/c13-12(14,15)8-19-10-5-2-1-4-9(10)16-11(18)6-3-7-17/h1-2,4-5,17H,3,6-8H2,(H,16,18). The fraction of sp³-hybridized carbons (Fsp3) is 0.417. The number of amides is 1. The molecule has 0 radical (unpaired) electrons. The van der Waals surface area contributed by atoms with Gasteiger partial charge in [-0.15, -0.1) is 11.8 Å². The van der Waals surface area contributed by atoms with E-state index in [0.29, 0.717) is 28.8 Å². The van der Waals surface area contributed by atoms with Crippen LogP contribution in [0.1, 0.15) is 12.8 Å². The molecule has 19 heavy (non-hydrogen) atoms. The number of thioether (sulfide) groups is 1. The van der Waals surface area contributed by atoms with Gasteiger partial charge in [0, 0.05) is 17.9 Å². The zero-order valence-electron chi connectivity index (χ0n) is 10.0. The summed E-state index contributed by atoms with van der Waals surface area (Å²) in [7, 11) is 0.